The van der Waals surface area contributed by atoms with E-state index in [0.29, 0.717) is 16.8 Å². The maximum absolute atomic E-state index is 9.41. The van der Waals surface area contributed by atoms with Gasteiger partial charge in [-0.05, 0) is 265 Å². The minimum Gasteiger partial charge on any atom is -0.263 e. The van der Waals surface area contributed by atoms with Crippen LogP contribution in [0, 0.1) is 34.0 Å². The summed E-state index contributed by atoms with van der Waals surface area (Å²) in [7, 11) is 0. The molecule has 528 valence electrons. The van der Waals surface area contributed by atoms with Crippen molar-refractivity contribution in [3.05, 3.63) is 418 Å². The van der Waals surface area contributed by atoms with E-state index in [1.807, 2.05) is 30.5 Å². The van der Waals surface area contributed by atoms with E-state index >= 15 is 0 Å². The summed E-state index contributed by atoms with van der Waals surface area (Å²) in [4.78, 5) is 13.0. The van der Waals surface area contributed by atoms with Crippen LogP contribution < -0.4 is 0 Å². The Morgan fingerprint density at radius 3 is 0.851 bits per heavy atom. The number of fused-ring (bicyclic) bond motifs is 9. The number of pyridine rings is 3. The first-order valence-electron chi connectivity index (χ1n) is 38.1. The molecule has 0 atom stereocenters. The molecular weight excluding hydrogens is 1380 g/mol. The van der Waals surface area contributed by atoms with Gasteiger partial charge in [0.05, 0.1) is 22.9 Å². The lowest BCUT2D eigenvalue weighted by Gasteiger charge is -2.19. The SMILES string of the molecule is N#Cc1cc(-c2cccc(-c3c4ccccc4c(-c4ccccc4)c4cc5ccccc5cc34)c2)ccn1.N#Cc1ccnc(-c2cccc(-c3c4ccccc4c(-c4ccccc4)c4cc5ccccc5cc34)c2)c1.N#Cc1cncc(-c2cccc(-c3c4ccccc4c(-c4ccccc4)c4cc5ccccc5cc34)c2)c1. The Labute approximate surface area is 659 Å². The van der Waals surface area contributed by atoms with Crippen molar-refractivity contribution in [1.82, 2.24) is 15.0 Å². The third kappa shape index (κ3) is 12.9. The number of nitriles is 3. The molecule has 0 saturated carbocycles. The van der Waals surface area contributed by atoms with Gasteiger partial charge in [-0.2, -0.15) is 15.8 Å². The summed E-state index contributed by atoms with van der Waals surface area (Å²) in [6.07, 6.45) is 6.82. The summed E-state index contributed by atoms with van der Waals surface area (Å²) < 4.78 is 0. The molecule has 0 aliphatic heterocycles. The van der Waals surface area contributed by atoms with Gasteiger partial charge in [0, 0.05) is 35.9 Å². The van der Waals surface area contributed by atoms with Crippen LogP contribution in [0.3, 0.4) is 0 Å². The maximum Gasteiger partial charge on any atom is 0.141 e. The van der Waals surface area contributed by atoms with Crippen molar-refractivity contribution in [2.75, 3.05) is 0 Å². The molecule has 0 radical (unpaired) electrons. The number of hydrogen-bond acceptors (Lipinski definition) is 6. The van der Waals surface area contributed by atoms with E-state index < -0.39 is 0 Å². The fourth-order valence-electron chi connectivity index (χ4n) is 16.8. The summed E-state index contributed by atoms with van der Waals surface area (Å²) >= 11 is 0. The molecule has 0 saturated heterocycles. The van der Waals surface area contributed by atoms with Gasteiger partial charge in [0.25, 0.3) is 0 Å². The largest absolute Gasteiger partial charge is 0.263 e. The van der Waals surface area contributed by atoms with Gasteiger partial charge in [0.2, 0.25) is 0 Å². The molecule has 0 fully saturated rings. The molecule has 114 heavy (non-hydrogen) atoms. The van der Waals surface area contributed by atoms with E-state index in [1.165, 1.54) is 147 Å². The Morgan fingerprint density at radius 2 is 0.482 bits per heavy atom. The van der Waals surface area contributed by atoms with E-state index in [4.69, 9.17) is 0 Å². The Balaban J connectivity index is 0.000000115. The van der Waals surface area contributed by atoms with Crippen LogP contribution in [-0.4, -0.2) is 15.0 Å². The highest BCUT2D eigenvalue weighted by atomic mass is 14.7. The van der Waals surface area contributed by atoms with Crippen LogP contribution in [0.4, 0.5) is 0 Å². The molecular formula is C108H66N6. The average Bonchev–Trinajstić information content (AvgIpc) is 0.737. The summed E-state index contributed by atoms with van der Waals surface area (Å²) in [5.41, 5.74) is 21.9. The average molecular weight is 1450 g/mol. The van der Waals surface area contributed by atoms with Gasteiger partial charge in [-0.25, -0.2) is 4.98 Å². The zero-order chi connectivity index (χ0) is 76.4. The molecule has 3 heterocycles. The molecule has 0 unspecified atom stereocenters. The first-order chi connectivity index (χ1) is 56.4. The van der Waals surface area contributed by atoms with E-state index in [9.17, 15) is 15.8 Å². The zero-order valence-electron chi connectivity index (χ0n) is 61.8. The predicted molar refractivity (Wildman–Crippen MR) is 473 cm³/mol. The van der Waals surface area contributed by atoms with Crippen molar-refractivity contribution in [3.63, 3.8) is 0 Å². The molecule has 6 heteroatoms. The molecule has 0 aliphatic rings. The van der Waals surface area contributed by atoms with Crippen molar-refractivity contribution in [3.8, 4) is 118 Å². The topological polar surface area (TPSA) is 110 Å². The molecule has 6 nitrogen and oxygen atoms in total. The number of benzene rings is 18. The minimum absolute atomic E-state index is 0.419. The van der Waals surface area contributed by atoms with E-state index in [1.54, 1.807) is 24.7 Å². The molecule has 0 N–H and O–H groups in total. The molecule has 18 aromatic carbocycles. The van der Waals surface area contributed by atoms with Gasteiger partial charge < -0.3 is 0 Å². The molecule has 21 rings (SSSR count). The van der Waals surface area contributed by atoms with E-state index in [-0.39, 0.29) is 0 Å². The second-order valence-corrected chi connectivity index (χ2v) is 28.6. The van der Waals surface area contributed by atoms with E-state index in [0.717, 1.165) is 50.2 Å². The third-order valence-electron chi connectivity index (χ3n) is 21.9. The number of nitrogens with zero attached hydrogens (tertiary/aromatic N) is 6. The zero-order valence-corrected chi connectivity index (χ0v) is 61.8. The van der Waals surface area contributed by atoms with Crippen molar-refractivity contribution >= 4 is 97.0 Å². The first kappa shape index (κ1) is 68.7. The van der Waals surface area contributed by atoms with Crippen LogP contribution in [0.1, 0.15) is 16.8 Å². The lowest BCUT2D eigenvalue weighted by molar-refractivity contribution is 1.26. The van der Waals surface area contributed by atoms with Gasteiger partial charge in [-0.3, -0.25) is 9.97 Å². The number of rotatable bonds is 9. The molecule has 0 spiro atoms. The second kappa shape index (κ2) is 30.0. The van der Waals surface area contributed by atoms with Crippen molar-refractivity contribution < 1.29 is 0 Å². The lowest BCUT2D eigenvalue weighted by atomic mass is 9.84. The van der Waals surface area contributed by atoms with Crippen LogP contribution in [0.2, 0.25) is 0 Å². The second-order valence-electron chi connectivity index (χ2n) is 28.6. The molecule has 3 aromatic heterocycles. The monoisotopic (exact) mass is 1450 g/mol. The van der Waals surface area contributed by atoms with Crippen molar-refractivity contribution in [2.45, 2.75) is 0 Å². The van der Waals surface area contributed by atoms with Crippen molar-refractivity contribution in [2.24, 2.45) is 0 Å². The molecule has 0 amide bonds. The van der Waals surface area contributed by atoms with Gasteiger partial charge in [0.1, 0.15) is 17.8 Å². The highest BCUT2D eigenvalue weighted by Gasteiger charge is 2.23. The van der Waals surface area contributed by atoms with Crippen LogP contribution in [0.5, 0.6) is 0 Å². The lowest BCUT2D eigenvalue weighted by Crippen LogP contribution is -1.92. The Bertz CT molecular complexity index is 6810. The number of aromatic nitrogens is 3. The Hall–Kier alpha value is -15.8. The maximum atomic E-state index is 9.41. The highest BCUT2D eigenvalue weighted by Crippen LogP contribution is 2.50. The van der Waals surface area contributed by atoms with Crippen molar-refractivity contribution in [1.29, 1.82) is 15.8 Å². The van der Waals surface area contributed by atoms with Gasteiger partial charge in [0.15, 0.2) is 0 Å². The summed E-state index contributed by atoms with van der Waals surface area (Å²) in [5, 5.41) is 50.2. The normalized spacial score (nSPS) is 11.1. The molecule has 0 aliphatic carbocycles. The van der Waals surface area contributed by atoms with E-state index in [2.05, 4.69) is 379 Å². The highest BCUT2D eigenvalue weighted by molar-refractivity contribution is 6.27. The molecule has 21 aromatic rings. The summed E-state index contributed by atoms with van der Waals surface area (Å²) in [5.74, 6) is 0. The smallest absolute Gasteiger partial charge is 0.141 e. The first-order valence-corrected chi connectivity index (χ1v) is 38.1. The fourth-order valence-corrected chi connectivity index (χ4v) is 16.8. The summed E-state index contributed by atoms with van der Waals surface area (Å²) in [6, 6.07) is 140. The third-order valence-corrected chi connectivity index (χ3v) is 21.9. The Morgan fingerprint density at radius 1 is 0.184 bits per heavy atom. The predicted octanol–water partition coefficient (Wildman–Crippen LogP) is 28.2. The van der Waals surface area contributed by atoms with Crippen LogP contribution >= 0.6 is 0 Å². The van der Waals surface area contributed by atoms with Crippen LogP contribution in [0.15, 0.2) is 401 Å². The van der Waals surface area contributed by atoms with Gasteiger partial charge in [-0.15, -0.1) is 0 Å². The van der Waals surface area contributed by atoms with Gasteiger partial charge >= 0.3 is 0 Å². The standard InChI is InChI=1S/3C36H22N2/c37-21-24-17-30(23-38-22-24)26-13-8-14-29(18-26)36-32-16-7-6-15-31(32)35(25-9-2-1-3-10-25)33-19-27-11-4-5-12-28(27)20-34(33)36;37-23-24-17-18-38-34(19-24)28-13-8-14-29(20-28)36-31-16-7-6-15-30(31)35(25-9-2-1-3-10-25)32-21-26-11-4-5-12-27(26)22-33(32)36;37-23-30-20-28(17-18-38-30)25-13-8-14-29(19-25)36-32-16-7-6-15-31(32)35(24-9-2-1-3-10-24)33-21-26-11-4-5-12-27(26)22-34(33)36/h1-20,22-23H;2*1-22H. The molecule has 0 bridgehead atoms. The van der Waals surface area contributed by atoms with Crippen LogP contribution in [-0.2, 0) is 0 Å². The van der Waals surface area contributed by atoms with Crippen LogP contribution in [0.25, 0.3) is 197 Å². The summed E-state index contributed by atoms with van der Waals surface area (Å²) in [6.45, 7) is 0. The number of hydrogen-bond donors (Lipinski definition) is 0. The fraction of sp³-hybridized carbons (Fsp3) is 0. The quantitative estimate of drug-likeness (QED) is 0.133. The minimum atomic E-state index is 0.419. The Kier molecular flexibility index (Phi) is 18.1. The van der Waals surface area contributed by atoms with Gasteiger partial charge in [-0.1, -0.05) is 291 Å².